The average molecular weight is 321 g/mol. The van der Waals surface area contributed by atoms with E-state index in [0.29, 0.717) is 13.0 Å². The van der Waals surface area contributed by atoms with Gasteiger partial charge in [0.15, 0.2) is 4.90 Å². The molecule has 120 valence electrons. The van der Waals surface area contributed by atoms with Gasteiger partial charge in [0.25, 0.3) is 0 Å². The van der Waals surface area contributed by atoms with Gasteiger partial charge in [-0.25, -0.2) is 21.9 Å². The molecule has 0 amide bonds. The summed E-state index contributed by atoms with van der Waals surface area (Å²) in [4.78, 5) is 1.14. The number of nitrogens with one attached hydrogen (secondary N) is 1. The van der Waals surface area contributed by atoms with Gasteiger partial charge >= 0.3 is 0 Å². The zero-order chi connectivity index (χ0) is 16.0. The second-order valence-electron chi connectivity index (χ2n) is 4.59. The van der Waals surface area contributed by atoms with Crippen LogP contribution >= 0.6 is 0 Å². The van der Waals surface area contributed by atoms with E-state index < -0.39 is 26.6 Å². The Labute approximate surface area is 124 Å². The first-order valence-electron chi connectivity index (χ1n) is 6.78. The van der Waals surface area contributed by atoms with Crippen LogP contribution in [0.2, 0.25) is 0 Å². The predicted molar refractivity (Wildman–Crippen MR) is 78.4 cm³/mol. The molecular weight excluding hydrogens is 300 g/mol. The minimum absolute atomic E-state index is 0.113. The lowest BCUT2D eigenvalue weighted by Crippen LogP contribution is -2.30. The van der Waals surface area contributed by atoms with Crippen LogP contribution < -0.4 is 10.5 Å². The summed E-state index contributed by atoms with van der Waals surface area (Å²) in [6.07, 6.45) is 0.555. The first kappa shape index (κ1) is 17.8. The molecular formula is C13H21F2N3O2S. The van der Waals surface area contributed by atoms with Crippen LogP contribution in [0, 0.1) is 11.6 Å². The summed E-state index contributed by atoms with van der Waals surface area (Å²) < 4.78 is 53.3. The maximum atomic E-state index is 13.6. The van der Waals surface area contributed by atoms with E-state index in [9.17, 15) is 17.2 Å². The molecule has 0 aliphatic carbocycles. The fourth-order valence-corrected chi connectivity index (χ4v) is 3.15. The molecule has 0 fully saturated rings. The van der Waals surface area contributed by atoms with Crippen LogP contribution in [-0.4, -0.2) is 39.5 Å². The van der Waals surface area contributed by atoms with E-state index >= 15 is 0 Å². The first-order valence-corrected chi connectivity index (χ1v) is 8.26. The molecule has 8 heteroatoms. The van der Waals surface area contributed by atoms with Crippen LogP contribution in [0.5, 0.6) is 0 Å². The van der Waals surface area contributed by atoms with Crippen molar-refractivity contribution < 1.29 is 17.2 Å². The molecule has 0 aromatic heterocycles. The molecule has 0 heterocycles. The highest BCUT2D eigenvalue weighted by Crippen LogP contribution is 2.21. The number of anilines is 1. The highest BCUT2D eigenvalue weighted by molar-refractivity contribution is 7.89. The zero-order valence-corrected chi connectivity index (χ0v) is 13.0. The second kappa shape index (κ2) is 7.67. The van der Waals surface area contributed by atoms with Gasteiger partial charge in [0.2, 0.25) is 10.0 Å². The largest absolute Gasteiger partial charge is 0.399 e. The standard InChI is InChI=1S/C13H21F2N3O2S/c1-3-18(4-2)7-5-6-17-21(19,20)13-11(14)8-10(16)9-12(13)15/h8-9,17H,3-7,16H2,1-2H3. The SMILES string of the molecule is CCN(CC)CCCNS(=O)(=O)c1c(F)cc(N)cc1F. The molecule has 21 heavy (non-hydrogen) atoms. The van der Waals surface area contributed by atoms with Gasteiger partial charge in [-0.05, 0) is 38.2 Å². The third-order valence-electron chi connectivity index (χ3n) is 3.13. The maximum absolute atomic E-state index is 13.6. The van der Waals surface area contributed by atoms with E-state index in [1.165, 1.54) is 0 Å². The maximum Gasteiger partial charge on any atom is 0.246 e. The average Bonchev–Trinajstić information content (AvgIpc) is 2.37. The van der Waals surface area contributed by atoms with Crippen molar-refractivity contribution in [1.29, 1.82) is 0 Å². The fraction of sp³-hybridized carbons (Fsp3) is 0.538. The van der Waals surface area contributed by atoms with Gasteiger partial charge in [-0.1, -0.05) is 13.8 Å². The molecule has 0 radical (unpaired) electrons. The van der Waals surface area contributed by atoms with E-state index in [0.717, 1.165) is 25.2 Å². The molecule has 1 rings (SSSR count). The van der Waals surface area contributed by atoms with Crippen LogP contribution in [0.25, 0.3) is 0 Å². The molecule has 0 aliphatic rings. The van der Waals surface area contributed by atoms with Gasteiger partial charge in [-0.2, -0.15) is 0 Å². The molecule has 0 bridgehead atoms. The normalized spacial score (nSPS) is 12.0. The first-order chi connectivity index (χ1) is 9.81. The number of nitrogens with zero attached hydrogens (tertiary/aromatic N) is 1. The van der Waals surface area contributed by atoms with Gasteiger partial charge in [0.05, 0.1) is 0 Å². The highest BCUT2D eigenvalue weighted by Gasteiger charge is 2.24. The van der Waals surface area contributed by atoms with Crippen LogP contribution in [-0.2, 0) is 10.0 Å². The lowest BCUT2D eigenvalue weighted by molar-refractivity contribution is 0.300. The monoisotopic (exact) mass is 321 g/mol. The van der Waals surface area contributed by atoms with Crippen molar-refractivity contribution in [3.8, 4) is 0 Å². The number of halogens is 2. The number of nitrogen functional groups attached to an aromatic ring is 1. The Hall–Kier alpha value is -1.25. The Morgan fingerprint density at radius 3 is 2.19 bits per heavy atom. The van der Waals surface area contributed by atoms with Crippen LogP contribution in [0.4, 0.5) is 14.5 Å². The van der Waals surface area contributed by atoms with Crippen molar-refractivity contribution in [1.82, 2.24) is 9.62 Å². The second-order valence-corrected chi connectivity index (χ2v) is 6.30. The quantitative estimate of drug-likeness (QED) is 0.563. The number of sulfonamides is 1. The molecule has 0 saturated heterocycles. The third-order valence-corrected chi connectivity index (χ3v) is 4.64. The van der Waals surface area contributed by atoms with Crippen molar-refractivity contribution in [2.45, 2.75) is 25.2 Å². The summed E-state index contributed by atoms with van der Waals surface area (Å²) in [5, 5.41) is 0. The van der Waals surface area contributed by atoms with E-state index in [2.05, 4.69) is 9.62 Å². The molecule has 0 aliphatic heterocycles. The summed E-state index contributed by atoms with van der Waals surface area (Å²) in [7, 11) is -4.22. The lowest BCUT2D eigenvalue weighted by atomic mass is 10.3. The summed E-state index contributed by atoms with van der Waals surface area (Å²) in [6, 6.07) is 1.57. The molecule has 0 saturated carbocycles. The number of hydrogen-bond donors (Lipinski definition) is 2. The van der Waals surface area contributed by atoms with E-state index in [4.69, 9.17) is 5.73 Å². The van der Waals surface area contributed by atoms with Crippen LogP contribution in [0.15, 0.2) is 17.0 Å². The molecule has 0 spiro atoms. The fourth-order valence-electron chi connectivity index (χ4n) is 1.96. The van der Waals surface area contributed by atoms with Crippen molar-refractivity contribution in [2.24, 2.45) is 0 Å². The lowest BCUT2D eigenvalue weighted by Gasteiger charge is -2.17. The van der Waals surface area contributed by atoms with Gasteiger partial charge < -0.3 is 10.6 Å². The molecule has 0 atom stereocenters. The summed E-state index contributed by atoms with van der Waals surface area (Å²) >= 11 is 0. The summed E-state index contributed by atoms with van der Waals surface area (Å²) in [5.41, 5.74) is 5.09. The van der Waals surface area contributed by atoms with Crippen molar-refractivity contribution in [3.05, 3.63) is 23.8 Å². The topological polar surface area (TPSA) is 75.4 Å². The van der Waals surface area contributed by atoms with Crippen molar-refractivity contribution in [3.63, 3.8) is 0 Å². The van der Waals surface area contributed by atoms with Crippen LogP contribution in [0.1, 0.15) is 20.3 Å². The molecule has 1 aromatic carbocycles. The van der Waals surface area contributed by atoms with E-state index in [1.807, 2.05) is 13.8 Å². The van der Waals surface area contributed by atoms with Crippen molar-refractivity contribution >= 4 is 15.7 Å². The van der Waals surface area contributed by atoms with Gasteiger partial charge in [-0.15, -0.1) is 0 Å². The number of rotatable bonds is 8. The van der Waals surface area contributed by atoms with Crippen LogP contribution in [0.3, 0.4) is 0 Å². The van der Waals surface area contributed by atoms with Crippen molar-refractivity contribution in [2.75, 3.05) is 31.9 Å². The summed E-state index contributed by atoms with van der Waals surface area (Å²) in [6.45, 7) is 6.57. The number of nitrogens with two attached hydrogens (primary N) is 1. The Morgan fingerprint density at radius 2 is 1.71 bits per heavy atom. The van der Waals surface area contributed by atoms with E-state index in [-0.39, 0.29) is 12.2 Å². The number of hydrogen-bond acceptors (Lipinski definition) is 4. The van der Waals surface area contributed by atoms with E-state index in [1.54, 1.807) is 0 Å². The van der Waals surface area contributed by atoms with Gasteiger partial charge in [0, 0.05) is 12.2 Å². The molecule has 3 N–H and O–H groups in total. The minimum atomic E-state index is -4.22. The van der Waals surface area contributed by atoms with Gasteiger partial charge in [0.1, 0.15) is 11.6 Å². The highest BCUT2D eigenvalue weighted by atomic mass is 32.2. The minimum Gasteiger partial charge on any atom is -0.399 e. The molecule has 0 unspecified atom stereocenters. The Balaban J connectivity index is 2.71. The Kier molecular flexibility index (Phi) is 6.50. The Bertz CT molecular complexity index is 552. The third kappa shape index (κ3) is 4.90. The molecule has 1 aromatic rings. The zero-order valence-electron chi connectivity index (χ0n) is 12.2. The molecule has 5 nitrogen and oxygen atoms in total. The Morgan fingerprint density at radius 1 is 1.19 bits per heavy atom. The predicted octanol–water partition coefficient (Wildman–Crippen LogP) is 1.56. The smallest absolute Gasteiger partial charge is 0.246 e. The number of benzene rings is 1. The summed E-state index contributed by atoms with van der Waals surface area (Å²) in [5.74, 6) is -2.38. The van der Waals surface area contributed by atoms with Gasteiger partial charge in [-0.3, -0.25) is 0 Å².